The third-order valence-electron chi connectivity index (χ3n) is 2.51. The van der Waals surface area contributed by atoms with Gasteiger partial charge < -0.3 is 10.4 Å². The van der Waals surface area contributed by atoms with E-state index in [-0.39, 0.29) is 11.5 Å². The Balaban J connectivity index is 2.06. The maximum Gasteiger partial charge on any atom is 0.335 e. The van der Waals surface area contributed by atoms with Crippen molar-refractivity contribution >= 4 is 23.6 Å². The highest BCUT2D eigenvalue weighted by molar-refractivity contribution is 5.99. The average Bonchev–Trinajstić information content (AvgIpc) is 2.42. The van der Waals surface area contributed by atoms with Gasteiger partial charge in [-0.1, -0.05) is 0 Å². The number of nitrogens with one attached hydrogen (secondary N) is 2. The number of benzene rings is 1. The number of amides is 2. The maximum atomic E-state index is 11.7. The van der Waals surface area contributed by atoms with Gasteiger partial charge >= 0.3 is 12.0 Å². The molecule has 0 spiro atoms. The standard InChI is InChI=1S/C13H12N4O3/c1-8-7-9(11(18)19)3-4-10(8)16-13(20)17-12-14-5-2-6-15-12/h2-7H,1H3,(H,18,19)(H2,14,15,16,17,20). The Morgan fingerprint density at radius 1 is 1.15 bits per heavy atom. The second-order valence-corrected chi connectivity index (χ2v) is 3.99. The summed E-state index contributed by atoms with van der Waals surface area (Å²) in [5.41, 5.74) is 1.33. The van der Waals surface area contributed by atoms with E-state index in [1.807, 2.05) is 0 Å². The van der Waals surface area contributed by atoms with E-state index >= 15 is 0 Å². The molecule has 2 aromatic rings. The predicted molar refractivity (Wildman–Crippen MR) is 72.8 cm³/mol. The highest BCUT2D eigenvalue weighted by atomic mass is 16.4. The van der Waals surface area contributed by atoms with Crippen molar-refractivity contribution in [2.75, 3.05) is 10.6 Å². The van der Waals surface area contributed by atoms with Crippen LogP contribution in [0.1, 0.15) is 15.9 Å². The lowest BCUT2D eigenvalue weighted by Gasteiger charge is -2.09. The third-order valence-corrected chi connectivity index (χ3v) is 2.51. The maximum absolute atomic E-state index is 11.7. The molecule has 7 heteroatoms. The number of hydrogen-bond donors (Lipinski definition) is 3. The number of carbonyl (C=O) groups excluding carboxylic acids is 1. The third kappa shape index (κ3) is 3.29. The van der Waals surface area contributed by atoms with Crippen molar-refractivity contribution in [3.63, 3.8) is 0 Å². The molecule has 7 nitrogen and oxygen atoms in total. The number of rotatable bonds is 3. The summed E-state index contributed by atoms with van der Waals surface area (Å²) in [6.07, 6.45) is 3.02. The summed E-state index contributed by atoms with van der Waals surface area (Å²) in [6, 6.07) is 5.57. The molecule has 0 saturated carbocycles. The lowest BCUT2D eigenvalue weighted by Crippen LogP contribution is -2.21. The van der Waals surface area contributed by atoms with Crippen LogP contribution in [0.3, 0.4) is 0 Å². The second kappa shape index (κ2) is 5.79. The number of urea groups is 1. The predicted octanol–water partition coefficient (Wildman–Crippen LogP) is 2.13. The van der Waals surface area contributed by atoms with Crippen molar-refractivity contribution in [1.82, 2.24) is 9.97 Å². The number of aromatic carboxylic acids is 1. The van der Waals surface area contributed by atoms with Gasteiger partial charge in [-0.2, -0.15) is 0 Å². The molecule has 2 amide bonds. The van der Waals surface area contributed by atoms with E-state index in [2.05, 4.69) is 20.6 Å². The Kier molecular flexibility index (Phi) is 3.90. The van der Waals surface area contributed by atoms with E-state index in [1.54, 1.807) is 13.0 Å². The molecule has 3 N–H and O–H groups in total. The van der Waals surface area contributed by atoms with Crippen LogP contribution >= 0.6 is 0 Å². The van der Waals surface area contributed by atoms with E-state index in [0.29, 0.717) is 11.3 Å². The van der Waals surface area contributed by atoms with Crippen LogP contribution in [0, 0.1) is 6.92 Å². The van der Waals surface area contributed by atoms with Gasteiger partial charge in [0.15, 0.2) is 0 Å². The van der Waals surface area contributed by atoms with Crippen LogP contribution in [-0.2, 0) is 0 Å². The first-order chi connectivity index (χ1) is 9.56. The van der Waals surface area contributed by atoms with Gasteiger partial charge in [0.25, 0.3) is 0 Å². The highest BCUT2D eigenvalue weighted by Crippen LogP contribution is 2.16. The summed E-state index contributed by atoms with van der Waals surface area (Å²) in [5, 5.41) is 13.9. The van der Waals surface area contributed by atoms with Crippen molar-refractivity contribution < 1.29 is 14.7 Å². The molecule has 0 aliphatic rings. The Morgan fingerprint density at radius 2 is 1.85 bits per heavy atom. The molecule has 0 unspecified atom stereocenters. The number of aryl methyl sites for hydroxylation is 1. The number of aromatic nitrogens is 2. The molecular formula is C13H12N4O3. The first-order valence-electron chi connectivity index (χ1n) is 5.75. The zero-order chi connectivity index (χ0) is 14.5. The average molecular weight is 272 g/mol. The van der Waals surface area contributed by atoms with Crippen molar-refractivity contribution in [2.45, 2.75) is 6.92 Å². The molecule has 102 valence electrons. The number of carboxylic acids is 1. The van der Waals surface area contributed by atoms with Gasteiger partial charge in [0.1, 0.15) is 0 Å². The van der Waals surface area contributed by atoms with Crippen molar-refractivity contribution in [3.8, 4) is 0 Å². The summed E-state index contributed by atoms with van der Waals surface area (Å²) >= 11 is 0. The van der Waals surface area contributed by atoms with Gasteiger partial charge in [0.2, 0.25) is 5.95 Å². The zero-order valence-electron chi connectivity index (χ0n) is 10.6. The quantitative estimate of drug-likeness (QED) is 0.793. The van der Waals surface area contributed by atoms with Crippen LogP contribution < -0.4 is 10.6 Å². The molecule has 1 heterocycles. The Labute approximate surface area is 114 Å². The summed E-state index contributed by atoms with van der Waals surface area (Å²) in [7, 11) is 0. The van der Waals surface area contributed by atoms with Crippen LogP contribution in [0.5, 0.6) is 0 Å². The van der Waals surface area contributed by atoms with Gasteiger partial charge in [0.05, 0.1) is 5.56 Å². The molecular weight excluding hydrogens is 260 g/mol. The van der Waals surface area contributed by atoms with Crippen LogP contribution in [0.25, 0.3) is 0 Å². The molecule has 0 radical (unpaired) electrons. The van der Waals surface area contributed by atoms with Gasteiger partial charge in [-0.25, -0.2) is 19.6 Å². The van der Waals surface area contributed by atoms with E-state index < -0.39 is 12.0 Å². The summed E-state index contributed by atoms with van der Waals surface area (Å²) in [6.45, 7) is 1.71. The Bertz CT molecular complexity index is 643. The number of carbonyl (C=O) groups is 2. The fraction of sp³-hybridized carbons (Fsp3) is 0.0769. The van der Waals surface area contributed by atoms with Gasteiger partial charge in [-0.3, -0.25) is 5.32 Å². The molecule has 0 aliphatic carbocycles. The van der Waals surface area contributed by atoms with Crippen LogP contribution in [0.4, 0.5) is 16.4 Å². The van der Waals surface area contributed by atoms with Crippen molar-refractivity contribution in [1.29, 1.82) is 0 Å². The lowest BCUT2D eigenvalue weighted by atomic mass is 10.1. The molecule has 0 aliphatic heterocycles. The zero-order valence-corrected chi connectivity index (χ0v) is 10.6. The van der Waals surface area contributed by atoms with Crippen LogP contribution in [0.15, 0.2) is 36.7 Å². The molecule has 0 bridgehead atoms. The second-order valence-electron chi connectivity index (χ2n) is 3.99. The Hall–Kier alpha value is -2.96. The Morgan fingerprint density at radius 3 is 2.45 bits per heavy atom. The lowest BCUT2D eigenvalue weighted by molar-refractivity contribution is 0.0697. The van der Waals surface area contributed by atoms with Gasteiger partial charge in [0, 0.05) is 18.1 Å². The largest absolute Gasteiger partial charge is 0.478 e. The number of anilines is 2. The molecule has 0 saturated heterocycles. The van der Waals surface area contributed by atoms with Crippen LogP contribution in [-0.4, -0.2) is 27.1 Å². The minimum Gasteiger partial charge on any atom is -0.478 e. The molecule has 2 rings (SSSR count). The number of hydrogen-bond acceptors (Lipinski definition) is 4. The molecule has 0 fully saturated rings. The normalized spacial score (nSPS) is 9.85. The minimum absolute atomic E-state index is 0.167. The summed E-state index contributed by atoms with van der Waals surface area (Å²) < 4.78 is 0. The smallest absolute Gasteiger partial charge is 0.335 e. The van der Waals surface area contributed by atoms with E-state index in [0.717, 1.165) is 0 Å². The number of nitrogens with zero attached hydrogens (tertiary/aromatic N) is 2. The SMILES string of the molecule is Cc1cc(C(=O)O)ccc1NC(=O)Nc1ncccn1. The topological polar surface area (TPSA) is 104 Å². The van der Waals surface area contributed by atoms with Crippen molar-refractivity contribution in [3.05, 3.63) is 47.8 Å². The minimum atomic E-state index is -1.01. The van der Waals surface area contributed by atoms with Gasteiger partial charge in [-0.05, 0) is 36.8 Å². The summed E-state index contributed by atoms with van der Waals surface area (Å²) in [4.78, 5) is 30.3. The van der Waals surface area contributed by atoms with Crippen LogP contribution in [0.2, 0.25) is 0 Å². The first-order valence-corrected chi connectivity index (χ1v) is 5.75. The molecule has 1 aromatic carbocycles. The summed E-state index contributed by atoms with van der Waals surface area (Å²) in [5.74, 6) is -0.827. The molecule has 0 atom stereocenters. The highest BCUT2D eigenvalue weighted by Gasteiger charge is 2.09. The first kappa shape index (κ1) is 13.5. The molecule has 20 heavy (non-hydrogen) atoms. The fourth-order valence-electron chi connectivity index (χ4n) is 1.56. The monoisotopic (exact) mass is 272 g/mol. The van der Waals surface area contributed by atoms with E-state index in [4.69, 9.17) is 5.11 Å². The van der Waals surface area contributed by atoms with E-state index in [1.165, 1.54) is 30.6 Å². The molecule has 1 aromatic heterocycles. The van der Waals surface area contributed by atoms with Crippen molar-refractivity contribution in [2.24, 2.45) is 0 Å². The van der Waals surface area contributed by atoms with E-state index in [9.17, 15) is 9.59 Å². The number of carboxylic acid groups (broad SMARTS) is 1. The fourth-order valence-corrected chi connectivity index (χ4v) is 1.56. The van der Waals surface area contributed by atoms with Gasteiger partial charge in [-0.15, -0.1) is 0 Å².